The number of nitrogens with one attached hydrogen (secondary N) is 1. The summed E-state index contributed by atoms with van der Waals surface area (Å²) in [5.74, 6) is 0. The molecule has 1 N–H and O–H groups in total. The zero-order valence-corrected chi connectivity index (χ0v) is 8.89. The number of nitrogens with zero attached hydrogens (tertiary/aromatic N) is 1. The summed E-state index contributed by atoms with van der Waals surface area (Å²) >= 11 is 0. The van der Waals surface area contributed by atoms with Crippen LogP contribution in [0.3, 0.4) is 0 Å². The van der Waals surface area contributed by atoms with E-state index in [1.165, 1.54) is 11.3 Å². The first-order valence-corrected chi connectivity index (χ1v) is 4.64. The maximum Gasteiger partial charge on any atom is 0.0501 e. The lowest BCUT2D eigenvalue weighted by Gasteiger charge is -2.21. The molecular weight excluding hydrogens is 160 g/mol. The quantitative estimate of drug-likeness (QED) is 0.750. The van der Waals surface area contributed by atoms with Crippen LogP contribution in [-0.2, 0) is 12.0 Å². The van der Waals surface area contributed by atoms with Crippen molar-refractivity contribution in [1.29, 1.82) is 0 Å². The van der Waals surface area contributed by atoms with E-state index >= 15 is 0 Å². The molecule has 0 bridgehead atoms. The Morgan fingerprint density at radius 2 is 2.08 bits per heavy atom. The van der Waals surface area contributed by atoms with Gasteiger partial charge in [0.1, 0.15) is 0 Å². The molecule has 0 aromatic carbocycles. The van der Waals surface area contributed by atoms with Crippen molar-refractivity contribution in [2.24, 2.45) is 0 Å². The Labute approximate surface area is 80.4 Å². The number of hydrogen-bond acceptors (Lipinski definition) is 2. The smallest absolute Gasteiger partial charge is 0.0501 e. The Hall–Kier alpha value is -0.890. The van der Waals surface area contributed by atoms with Gasteiger partial charge < -0.3 is 5.32 Å². The third-order valence-corrected chi connectivity index (χ3v) is 1.97. The van der Waals surface area contributed by atoms with E-state index in [2.05, 4.69) is 37.1 Å². The summed E-state index contributed by atoms with van der Waals surface area (Å²) < 4.78 is 0. The molecular formula is C11H18N2. The first-order valence-electron chi connectivity index (χ1n) is 4.64. The molecule has 0 aliphatic carbocycles. The average molecular weight is 178 g/mol. The molecule has 0 unspecified atom stereocenters. The minimum atomic E-state index is 0.132. The molecule has 0 amide bonds. The van der Waals surface area contributed by atoms with Gasteiger partial charge in [0, 0.05) is 18.2 Å². The van der Waals surface area contributed by atoms with Crippen molar-refractivity contribution in [2.45, 2.75) is 32.7 Å². The standard InChI is InChI=1S/C11H18N2/c1-11(2,3)10-9(8-12-4)6-5-7-13-10/h5-7,12H,8H2,1-4H3. The second kappa shape index (κ2) is 3.88. The molecule has 0 saturated heterocycles. The Morgan fingerprint density at radius 3 is 2.62 bits per heavy atom. The first kappa shape index (κ1) is 10.2. The molecule has 0 spiro atoms. The van der Waals surface area contributed by atoms with Crippen LogP contribution in [0.2, 0.25) is 0 Å². The summed E-state index contributed by atoms with van der Waals surface area (Å²) in [6.45, 7) is 7.46. The zero-order valence-electron chi connectivity index (χ0n) is 8.89. The van der Waals surface area contributed by atoms with Gasteiger partial charge in [-0.15, -0.1) is 0 Å². The predicted molar refractivity (Wildman–Crippen MR) is 55.7 cm³/mol. The van der Waals surface area contributed by atoms with Crippen molar-refractivity contribution >= 4 is 0 Å². The topological polar surface area (TPSA) is 24.9 Å². The minimum absolute atomic E-state index is 0.132. The molecule has 2 nitrogen and oxygen atoms in total. The van der Waals surface area contributed by atoms with Crippen LogP contribution in [0.5, 0.6) is 0 Å². The van der Waals surface area contributed by atoms with Gasteiger partial charge in [0.2, 0.25) is 0 Å². The lowest BCUT2D eigenvalue weighted by Crippen LogP contribution is -2.19. The van der Waals surface area contributed by atoms with Crippen LogP contribution in [0.25, 0.3) is 0 Å². The zero-order chi connectivity index (χ0) is 9.90. The normalized spacial score (nSPS) is 11.7. The average Bonchev–Trinajstić information content (AvgIpc) is 2.04. The molecule has 13 heavy (non-hydrogen) atoms. The summed E-state index contributed by atoms with van der Waals surface area (Å²) in [7, 11) is 1.96. The molecule has 1 aromatic heterocycles. The van der Waals surface area contributed by atoms with E-state index in [4.69, 9.17) is 0 Å². The van der Waals surface area contributed by atoms with E-state index in [1.54, 1.807) is 0 Å². The van der Waals surface area contributed by atoms with Gasteiger partial charge in [-0.3, -0.25) is 4.98 Å². The van der Waals surface area contributed by atoms with Crippen LogP contribution in [0.4, 0.5) is 0 Å². The molecule has 1 rings (SSSR count). The minimum Gasteiger partial charge on any atom is -0.316 e. The van der Waals surface area contributed by atoms with Crippen LogP contribution in [-0.4, -0.2) is 12.0 Å². The molecule has 72 valence electrons. The maximum atomic E-state index is 4.43. The lowest BCUT2D eigenvalue weighted by molar-refractivity contribution is 0.556. The van der Waals surface area contributed by atoms with Crippen LogP contribution in [0.1, 0.15) is 32.0 Å². The highest BCUT2D eigenvalue weighted by molar-refractivity contribution is 5.25. The van der Waals surface area contributed by atoms with E-state index in [0.717, 1.165) is 6.54 Å². The van der Waals surface area contributed by atoms with E-state index < -0.39 is 0 Å². The number of rotatable bonds is 2. The molecule has 0 aliphatic rings. The highest BCUT2D eigenvalue weighted by Gasteiger charge is 2.18. The molecule has 0 fully saturated rings. The van der Waals surface area contributed by atoms with Crippen molar-refractivity contribution in [3.05, 3.63) is 29.6 Å². The third kappa shape index (κ3) is 2.52. The fourth-order valence-corrected chi connectivity index (χ4v) is 1.45. The second-order valence-electron chi connectivity index (χ2n) is 4.29. The summed E-state index contributed by atoms with van der Waals surface area (Å²) in [6, 6.07) is 4.12. The van der Waals surface area contributed by atoms with Crippen molar-refractivity contribution < 1.29 is 0 Å². The van der Waals surface area contributed by atoms with Crippen LogP contribution in [0.15, 0.2) is 18.3 Å². The molecule has 0 atom stereocenters. The summed E-state index contributed by atoms with van der Waals surface area (Å²) in [6.07, 6.45) is 1.86. The highest BCUT2D eigenvalue weighted by Crippen LogP contribution is 2.22. The van der Waals surface area contributed by atoms with Crippen molar-refractivity contribution in [2.75, 3.05) is 7.05 Å². The van der Waals surface area contributed by atoms with Gasteiger partial charge in [0.05, 0.1) is 5.69 Å². The predicted octanol–water partition coefficient (Wildman–Crippen LogP) is 2.10. The number of aromatic nitrogens is 1. The van der Waals surface area contributed by atoms with Crippen LogP contribution >= 0.6 is 0 Å². The molecule has 0 saturated carbocycles. The Morgan fingerprint density at radius 1 is 1.38 bits per heavy atom. The molecule has 0 aliphatic heterocycles. The van der Waals surface area contributed by atoms with Crippen molar-refractivity contribution in [1.82, 2.24) is 10.3 Å². The van der Waals surface area contributed by atoms with Gasteiger partial charge in [0.25, 0.3) is 0 Å². The van der Waals surface area contributed by atoms with Gasteiger partial charge >= 0.3 is 0 Å². The van der Waals surface area contributed by atoms with Gasteiger partial charge in [-0.1, -0.05) is 26.8 Å². The molecule has 2 heteroatoms. The summed E-state index contributed by atoms with van der Waals surface area (Å²) in [4.78, 5) is 4.43. The van der Waals surface area contributed by atoms with E-state index in [0.29, 0.717) is 0 Å². The Kier molecular flexibility index (Phi) is 3.04. The van der Waals surface area contributed by atoms with E-state index in [9.17, 15) is 0 Å². The maximum absolute atomic E-state index is 4.43. The van der Waals surface area contributed by atoms with Crippen LogP contribution in [0, 0.1) is 0 Å². The van der Waals surface area contributed by atoms with Gasteiger partial charge in [-0.2, -0.15) is 0 Å². The third-order valence-electron chi connectivity index (χ3n) is 1.97. The molecule has 1 aromatic rings. The fourth-order valence-electron chi connectivity index (χ4n) is 1.45. The lowest BCUT2D eigenvalue weighted by atomic mass is 9.88. The van der Waals surface area contributed by atoms with E-state index in [-0.39, 0.29) is 5.41 Å². The fraction of sp³-hybridized carbons (Fsp3) is 0.545. The van der Waals surface area contributed by atoms with Crippen LogP contribution < -0.4 is 5.32 Å². The van der Waals surface area contributed by atoms with E-state index in [1.807, 2.05) is 19.3 Å². The van der Waals surface area contributed by atoms with Gasteiger partial charge in [-0.25, -0.2) is 0 Å². The first-order chi connectivity index (χ1) is 6.05. The monoisotopic (exact) mass is 178 g/mol. The SMILES string of the molecule is CNCc1cccnc1C(C)(C)C. The largest absolute Gasteiger partial charge is 0.316 e. The van der Waals surface area contributed by atoms with Gasteiger partial charge in [-0.05, 0) is 18.7 Å². The summed E-state index contributed by atoms with van der Waals surface area (Å²) in [5.41, 5.74) is 2.61. The number of pyridine rings is 1. The molecule has 1 heterocycles. The summed E-state index contributed by atoms with van der Waals surface area (Å²) in [5, 5.41) is 3.16. The Bertz CT molecular complexity index is 274. The van der Waals surface area contributed by atoms with Crippen molar-refractivity contribution in [3.8, 4) is 0 Å². The second-order valence-corrected chi connectivity index (χ2v) is 4.29. The van der Waals surface area contributed by atoms with Gasteiger partial charge in [0.15, 0.2) is 0 Å². The molecule has 0 radical (unpaired) electrons. The number of hydrogen-bond donors (Lipinski definition) is 1. The Balaban J connectivity index is 3.05. The van der Waals surface area contributed by atoms with Crippen molar-refractivity contribution in [3.63, 3.8) is 0 Å². The highest BCUT2D eigenvalue weighted by atomic mass is 14.8.